The Kier molecular flexibility index (Phi) is 8.23. The fourth-order valence-corrected chi connectivity index (χ4v) is 3.40. The first-order valence-electron chi connectivity index (χ1n) is 10.7. The molecule has 0 aliphatic heterocycles. The highest BCUT2D eigenvalue weighted by atomic mass is 16.5. The molecule has 1 heterocycles. The topological polar surface area (TPSA) is 59.8 Å². The van der Waals surface area contributed by atoms with Gasteiger partial charge in [-0.2, -0.15) is 5.10 Å². The molecule has 3 rings (SSSR count). The molecule has 0 spiro atoms. The molecule has 0 bridgehead atoms. The predicted octanol–water partition coefficient (Wildman–Crippen LogP) is 4.34. The fraction of sp³-hybridized carbons (Fsp3) is 0.400. The maximum absolute atomic E-state index is 10.5. The molecule has 0 saturated heterocycles. The molecule has 0 aliphatic carbocycles. The second kappa shape index (κ2) is 11.1. The van der Waals surface area contributed by atoms with Gasteiger partial charge in [0.15, 0.2) is 0 Å². The Balaban J connectivity index is 1.99. The highest BCUT2D eigenvalue weighted by Gasteiger charge is 2.24. The molecule has 6 nitrogen and oxygen atoms in total. The van der Waals surface area contributed by atoms with Gasteiger partial charge >= 0.3 is 0 Å². The van der Waals surface area contributed by atoms with Gasteiger partial charge < -0.3 is 14.6 Å². The number of methoxy groups -OCH3 is 1. The van der Waals surface area contributed by atoms with Gasteiger partial charge in [0.2, 0.25) is 5.88 Å². The number of aliphatic hydroxyl groups excluding tert-OH is 1. The van der Waals surface area contributed by atoms with E-state index in [9.17, 15) is 5.11 Å². The van der Waals surface area contributed by atoms with Crippen molar-refractivity contribution in [1.29, 1.82) is 0 Å². The lowest BCUT2D eigenvalue weighted by Gasteiger charge is -2.27. The first-order chi connectivity index (χ1) is 15.0. The summed E-state index contributed by atoms with van der Waals surface area (Å²) < 4.78 is 13.4. The Morgan fingerprint density at radius 3 is 2.29 bits per heavy atom. The van der Waals surface area contributed by atoms with E-state index in [0.717, 1.165) is 22.6 Å². The average Bonchev–Trinajstić information content (AvgIpc) is 3.08. The van der Waals surface area contributed by atoms with Crippen LogP contribution in [0.1, 0.15) is 19.4 Å². The van der Waals surface area contributed by atoms with Crippen LogP contribution in [0, 0.1) is 5.92 Å². The fourth-order valence-electron chi connectivity index (χ4n) is 3.40. The minimum atomic E-state index is -0.424. The molecular formula is C25H33N3O3. The van der Waals surface area contributed by atoms with Gasteiger partial charge in [-0.05, 0) is 18.1 Å². The second-order valence-corrected chi connectivity index (χ2v) is 8.08. The van der Waals surface area contributed by atoms with Crippen molar-refractivity contribution in [2.45, 2.75) is 26.5 Å². The standard InChI is InChI=1S/C25H33N3O3/c1-19(2)23(29)18-28(15-16-30-4)17-22-24(20-11-7-5-8-12-20)26-27(3)25(22)31-21-13-9-6-10-14-21/h5-14,19,23,29H,15-18H2,1-4H3. The number of aliphatic hydroxyl groups is 1. The maximum atomic E-state index is 10.5. The molecule has 0 amide bonds. The highest BCUT2D eigenvalue weighted by Crippen LogP contribution is 2.34. The molecule has 2 aromatic carbocycles. The Morgan fingerprint density at radius 1 is 1.03 bits per heavy atom. The lowest BCUT2D eigenvalue weighted by Crippen LogP contribution is -2.36. The number of benzene rings is 2. The van der Waals surface area contributed by atoms with Crippen molar-refractivity contribution in [2.24, 2.45) is 13.0 Å². The van der Waals surface area contributed by atoms with Crippen LogP contribution in [-0.4, -0.2) is 52.7 Å². The molecule has 1 N–H and O–H groups in total. The van der Waals surface area contributed by atoms with E-state index in [0.29, 0.717) is 32.1 Å². The number of aromatic nitrogens is 2. The molecule has 6 heteroatoms. The molecule has 3 aromatic rings. The van der Waals surface area contributed by atoms with E-state index in [4.69, 9.17) is 14.6 Å². The Bertz CT molecular complexity index is 926. The van der Waals surface area contributed by atoms with Crippen LogP contribution in [0.4, 0.5) is 0 Å². The normalized spacial score (nSPS) is 12.5. The Labute approximate surface area is 185 Å². The van der Waals surface area contributed by atoms with E-state index >= 15 is 0 Å². The number of hydrogen-bond donors (Lipinski definition) is 1. The summed E-state index contributed by atoms with van der Waals surface area (Å²) >= 11 is 0. The molecule has 1 atom stereocenters. The summed E-state index contributed by atoms with van der Waals surface area (Å²) in [5.74, 6) is 1.64. The van der Waals surface area contributed by atoms with Crippen molar-refractivity contribution >= 4 is 0 Å². The predicted molar refractivity (Wildman–Crippen MR) is 123 cm³/mol. The number of nitrogens with zero attached hydrogens (tertiary/aromatic N) is 3. The molecular weight excluding hydrogens is 390 g/mol. The zero-order chi connectivity index (χ0) is 22.2. The number of ether oxygens (including phenoxy) is 2. The molecule has 31 heavy (non-hydrogen) atoms. The van der Waals surface area contributed by atoms with Crippen LogP contribution < -0.4 is 4.74 Å². The zero-order valence-electron chi connectivity index (χ0n) is 18.9. The molecule has 0 fully saturated rings. The number of rotatable bonds is 11. The lowest BCUT2D eigenvalue weighted by atomic mass is 10.1. The molecule has 1 unspecified atom stereocenters. The van der Waals surface area contributed by atoms with Crippen LogP contribution in [-0.2, 0) is 18.3 Å². The second-order valence-electron chi connectivity index (χ2n) is 8.08. The summed E-state index contributed by atoms with van der Waals surface area (Å²) in [6.07, 6.45) is -0.424. The summed E-state index contributed by atoms with van der Waals surface area (Å²) in [6.45, 7) is 6.49. The van der Waals surface area contributed by atoms with E-state index < -0.39 is 6.10 Å². The van der Waals surface area contributed by atoms with E-state index in [1.165, 1.54) is 0 Å². The molecule has 0 radical (unpaired) electrons. The van der Waals surface area contributed by atoms with Crippen molar-refractivity contribution in [2.75, 3.05) is 26.8 Å². The summed E-state index contributed by atoms with van der Waals surface area (Å²) in [4.78, 5) is 2.20. The molecule has 166 valence electrons. The van der Waals surface area contributed by atoms with Gasteiger partial charge in [-0.25, -0.2) is 4.68 Å². The quantitative estimate of drug-likeness (QED) is 0.497. The first-order valence-corrected chi connectivity index (χ1v) is 10.7. The summed E-state index contributed by atoms with van der Waals surface area (Å²) in [6, 6.07) is 19.9. The highest BCUT2D eigenvalue weighted by molar-refractivity contribution is 5.65. The van der Waals surface area contributed by atoms with Gasteiger partial charge in [0.1, 0.15) is 11.4 Å². The van der Waals surface area contributed by atoms with E-state index in [-0.39, 0.29) is 5.92 Å². The van der Waals surface area contributed by atoms with Crippen LogP contribution in [0.3, 0.4) is 0 Å². The lowest BCUT2D eigenvalue weighted by molar-refractivity contribution is 0.0589. The smallest absolute Gasteiger partial charge is 0.222 e. The largest absolute Gasteiger partial charge is 0.439 e. The van der Waals surface area contributed by atoms with Gasteiger partial charge in [-0.15, -0.1) is 0 Å². The van der Waals surface area contributed by atoms with Gasteiger partial charge in [0.05, 0.1) is 18.3 Å². The van der Waals surface area contributed by atoms with Crippen LogP contribution in [0.5, 0.6) is 11.6 Å². The number of para-hydroxylation sites is 1. The third kappa shape index (κ3) is 6.17. The average molecular weight is 424 g/mol. The van der Waals surface area contributed by atoms with Gasteiger partial charge in [-0.1, -0.05) is 62.4 Å². The monoisotopic (exact) mass is 423 g/mol. The summed E-state index contributed by atoms with van der Waals surface area (Å²) in [5, 5.41) is 15.3. The molecule has 0 saturated carbocycles. The van der Waals surface area contributed by atoms with Crippen LogP contribution in [0.15, 0.2) is 60.7 Å². The van der Waals surface area contributed by atoms with E-state index in [1.54, 1.807) is 11.8 Å². The number of aryl methyl sites for hydroxylation is 1. The van der Waals surface area contributed by atoms with Crippen molar-refractivity contribution in [3.8, 4) is 22.9 Å². The minimum absolute atomic E-state index is 0.174. The SMILES string of the molecule is COCCN(Cc1c(-c2ccccc2)nn(C)c1Oc1ccccc1)CC(O)C(C)C. The van der Waals surface area contributed by atoms with Crippen LogP contribution in [0.25, 0.3) is 11.3 Å². The Hall–Kier alpha value is -2.67. The summed E-state index contributed by atoms with van der Waals surface area (Å²) in [7, 11) is 3.59. The third-order valence-corrected chi connectivity index (χ3v) is 5.30. The van der Waals surface area contributed by atoms with Crippen molar-refractivity contribution < 1.29 is 14.6 Å². The van der Waals surface area contributed by atoms with E-state index in [2.05, 4.69) is 17.0 Å². The van der Waals surface area contributed by atoms with Crippen LogP contribution >= 0.6 is 0 Å². The minimum Gasteiger partial charge on any atom is -0.439 e. The zero-order valence-corrected chi connectivity index (χ0v) is 18.9. The number of hydrogen-bond acceptors (Lipinski definition) is 5. The van der Waals surface area contributed by atoms with Gasteiger partial charge in [-0.3, -0.25) is 4.90 Å². The summed E-state index contributed by atoms with van der Waals surface area (Å²) in [5.41, 5.74) is 2.91. The van der Waals surface area contributed by atoms with Gasteiger partial charge in [0.25, 0.3) is 0 Å². The van der Waals surface area contributed by atoms with E-state index in [1.807, 2.05) is 69.4 Å². The van der Waals surface area contributed by atoms with Gasteiger partial charge in [0, 0.05) is 39.4 Å². The van der Waals surface area contributed by atoms with Crippen molar-refractivity contribution in [3.63, 3.8) is 0 Å². The molecule has 0 aliphatic rings. The maximum Gasteiger partial charge on any atom is 0.222 e. The Morgan fingerprint density at radius 2 is 1.68 bits per heavy atom. The molecule has 1 aromatic heterocycles. The third-order valence-electron chi connectivity index (χ3n) is 5.30. The first kappa shape index (κ1) is 23.0. The van der Waals surface area contributed by atoms with Crippen molar-refractivity contribution in [1.82, 2.24) is 14.7 Å². The van der Waals surface area contributed by atoms with Crippen molar-refractivity contribution in [3.05, 3.63) is 66.2 Å². The van der Waals surface area contributed by atoms with Crippen LogP contribution in [0.2, 0.25) is 0 Å².